The molecular weight excluding hydrogens is 298 g/mol. The van der Waals surface area contributed by atoms with Gasteiger partial charge in [0.05, 0.1) is 5.51 Å². The molecule has 1 amide bonds. The van der Waals surface area contributed by atoms with Crippen LogP contribution in [0.5, 0.6) is 0 Å². The predicted octanol–water partition coefficient (Wildman–Crippen LogP) is 3.58. The first kappa shape index (κ1) is 17.2. The molecule has 0 radical (unpaired) electrons. The number of hydrogen-bond donors (Lipinski definition) is 1. The Morgan fingerprint density at radius 1 is 1.55 bits per heavy atom. The van der Waals surface area contributed by atoms with Crippen LogP contribution in [0.3, 0.4) is 0 Å². The quantitative estimate of drug-likeness (QED) is 0.923. The molecular formula is C16H27N3O2S. The van der Waals surface area contributed by atoms with E-state index in [1.54, 1.807) is 11.3 Å². The largest absolute Gasteiger partial charge is 0.444 e. The van der Waals surface area contributed by atoms with Crippen molar-refractivity contribution < 1.29 is 9.53 Å². The number of piperidine rings is 1. The number of carbonyl (C=O) groups is 1. The maximum absolute atomic E-state index is 12.4. The van der Waals surface area contributed by atoms with Crippen molar-refractivity contribution in [2.24, 2.45) is 0 Å². The van der Waals surface area contributed by atoms with Crippen LogP contribution < -0.4 is 5.32 Å². The van der Waals surface area contributed by atoms with Crippen LogP contribution in [0, 0.1) is 0 Å². The lowest BCUT2D eigenvalue weighted by Crippen LogP contribution is -2.55. The zero-order chi connectivity index (χ0) is 16.3. The second-order valence-corrected chi connectivity index (χ2v) is 7.87. The molecule has 2 rings (SSSR count). The topological polar surface area (TPSA) is 54.5 Å². The number of nitrogens with one attached hydrogen (secondary N) is 1. The second kappa shape index (κ2) is 6.96. The Kier molecular flexibility index (Phi) is 5.45. The summed E-state index contributed by atoms with van der Waals surface area (Å²) in [6.07, 6.45) is 3.76. The highest BCUT2D eigenvalue weighted by molar-refractivity contribution is 7.09. The van der Waals surface area contributed by atoms with Gasteiger partial charge in [-0.25, -0.2) is 4.79 Å². The van der Waals surface area contributed by atoms with E-state index < -0.39 is 5.60 Å². The van der Waals surface area contributed by atoms with Crippen LogP contribution in [0.4, 0.5) is 4.79 Å². The highest BCUT2D eigenvalue weighted by Crippen LogP contribution is 2.24. The molecule has 3 unspecified atom stereocenters. The van der Waals surface area contributed by atoms with Gasteiger partial charge < -0.3 is 15.0 Å². The number of carbonyl (C=O) groups excluding carboxylic acids is 1. The highest BCUT2D eigenvalue weighted by Gasteiger charge is 2.34. The molecule has 5 nitrogen and oxygen atoms in total. The van der Waals surface area contributed by atoms with Crippen molar-refractivity contribution in [3.8, 4) is 0 Å². The molecule has 0 spiro atoms. The Hall–Kier alpha value is -1.14. The van der Waals surface area contributed by atoms with Gasteiger partial charge in [0.2, 0.25) is 0 Å². The molecule has 1 aliphatic heterocycles. The molecule has 124 valence electrons. The third-order valence-corrected chi connectivity index (χ3v) is 4.92. The molecule has 1 aromatic heterocycles. The van der Waals surface area contributed by atoms with Crippen LogP contribution >= 0.6 is 11.3 Å². The van der Waals surface area contributed by atoms with E-state index in [9.17, 15) is 4.79 Å². The van der Waals surface area contributed by atoms with E-state index in [1.807, 2.05) is 37.4 Å². The van der Waals surface area contributed by atoms with E-state index in [-0.39, 0.29) is 24.2 Å². The molecule has 6 heteroatoms. The van der Waals surface area contributed by atoms with Crippen molar-refractivity contribution in [3.63, 3.8) is 0 Å². The van der Waals surface area contributed by atoms with Crippen molar-refractivity contribution in [3.05, 3.63) is 16.6 Å². The molecule has 0 bridgehead atoms. The summed E-state index contributed by atoms with van der Waals surface area (Å²) in [5.41, 5.74) is 1.40. The Morgan fingerprint density at radius 2 is 2.27 bits per heavy atom. The molecule has 1 N–H and O–H groups in total. The van der Waals surface area contributed by atoms with E-state index in [1.165, 1.54) is 4.88 Å². The van der Waals surface area contributed by atoms with Crippen LogP contribution in [-0.2, 0) is 4.74 Å². The molecule has 2 heterocycles. The summed E-state index contributed by atoms with van der Waals surface area (Å²) in [6.45, 7) is 10.7. The molecule has 1 saturated heterocycles. The first-order chi connectivity index (χ1) is 10.3. The Balaban J connectivity index is 1.97. The zero-order valence-corrected chi connectivity index (χ0v) is 14.9. The fourth-order valence-corrected chi connectivity index (χ4v) is 3.42. The third kappa shape index (κ3) is 4.43. The molecule has 1 fully saturated rings. The summed E-state index contributed by atoms with van der Waals surface area (Å²) in [6, 6.07) is 0.649. The zero-order valence-electron chi connectivity index (χ0n) is 14.1. The SMILES string of the molecule is CC(NC1CCCN(C(=O)OC(C)(C)C)C1C)c1cncs1. The van der Waals surface area contributed by atoms with E-state index in [2.05, 4.69) is 24.1 Å². The molecule has 0 aromatic carbocycles. The average molecular weight is 325 g/mol. The monoisotopic (exact) mass is 325 g/mol. The lowest BCUT2D eigenvalue weighted by Gasteiger charge is -2.41. The van der Waals surface area contributed by atoms with Gasteiger partial charge in [-0.2, -0.15) is 0 Å². The van der Waals surface area contributed by atoms with E-state index in [0.29, 0.717) is 0 Å². The number of hydrogen-bond acceptors (Lipinski definition) is 5. The average Bonchev–Trinajstić information content (AvgIpc) is 2.93. The lowest BCUT2D eigenvalue weighted by atomic mass is 9.97. The van der Waals surface area contributed by atoms with Gasteiger partial charge in [-0.3, -0.25) is 4.98 Å². The van der Waals surface area contributed by atoms with Crippen molar-refractivity contribution >= 4 is 17.4 Å². The number of nitrogens with zero attached hydrogens (tertiary/aromatic N) is 2. The van der Waals surface area contributed by atoms with Gasteiger partial charge in [0.15, 0.2) is 0 Å². The Bertz CT molecular complexity index is 484. The molecule has 0 saturated carbocycles. The number of likely N-dealkylation sites (tertiary alicyclic amines) is 1. The summed E-state index contributed by atoms with van der Waals surface area (Å²) in [4.78, 5) is 19.6. The first-order valence-electron chi connectivity index (χ1n) is 7.92. The highest BCUT2D eigenvalue weighted by atomic mass is 32.1. The van der Waals surface area contributed by atoms with Crippen molar-refractivity contribution in [1.82, 2.24) is 15.2 Å². The van der Waals surface area contributed by atoms with E-state index in [4.69, 9.17) is 4.74 Å². The fourth-order valence-electron chi connectivity index (χ4n) is 2.79. The predicted molar refractivity (Wildman–Crippen MR) is 89.1 cm³/mol. The number of thiazole rings is 1. The maximum atomic E-state index is 12.4. The number of aromatic nitrogens is 1. The summed E-state index contributed by atoms with van der Waals surface area (Å²) >= 11 is 1.66. The van der Waals surface area contributed by atoms with Crippen LogP contribution in [0.15, 0.2) is 11.7 Å². The van der Waals surface area contributed by atoms with Gasteiger partial charge in [0.25, 0.3) is 0 Å². The molecule has 22 heavy (non-hydrogen) atoms. The van der Waals surface area contributed by atoms with Crippen LogP contribution in [0.25, 0.3) is 0 Å². The smallest absolute Gasteiger partial charge is 0.410 e. The van der Waals surface area contributed by atoms with Crippen LogP contribution in [0.2, 0.25) is 0 Å². The minimum Gasteiger partial charge on any atom is -0.444 e. The van der Waals surface area contributed by atoms with Crippen LogP contribution in [0.1, 0.15) is 58.4 Å². The molecule has 3 atom stereocenters. The summed E-state index contributed by atoms with van der Waals surface area (Å²) < 4.78 is 5.52. The van der Waals surface area contributed by atoms with Gasteiger partial charge in [-0.15, -0.1) is 11.3 Å². The summed E-state index contributed by atoms with van der Waals surface area (Å²) in [5.74, 6) is 0. The van der Waals surface area contributed by atoms with Gasteiger partial charge in [-0.05, 0) is 47.5 Å². The normalized spacial score (nSPS) is 24.1. The standard InChI is InChI=1S/C16H27N3O2S/c1-11(14-9-17-10-22-14)18-13-7-6-8-19(12(13)2)15(20)21-16(3,4)5/h9-13,18H,6-8H2,1-5H3. The molecule has 1 aliphatic rings. The first-order valence-corrected chi connectivity index (χ1v) is 8.80. The van der Waals surface area contributed by atoms with Gasteiger partial charge >= 0.3 is 6.09 Å². The van der Waals surface area contributed by atoms with Gasteiger partial charge in [-0.1, -0.05) is 0 Å². The van der Waals surface area contributed by atoms with Crippen molar-refractivity contribution in [1.29, 1.82) is 0 Å². The second-order valence-electron chi connectivity index (χ2n) is 6.96. The van der Waals surface area contributed by atoms with E-state index >= 15 is 0 Å². The minimum absolute atomic E-state index is 0.124. The van der Waals surface area contributed by atoms with Crippen LogP contribution in [-0.4, -0.2) is 40.2 Å². The van der Waals surface area contributed by atoms with Crippen molar-refractivity contribution in [2.45, 2.75) is 71.2 Å². The number of rotatable bonds is 3. The number of ether oxygens (including phenoxy) is 1. The molecule has 1 aromatic rings. The van der Waals surface area contributed by atoms with E-state index in [0.717, 1.165) is 19.4 Å². The molecule has 0 aliphatic carbocycles. The maximum Gasteiger partial charge on any atom is 0.410 e. The summed E-state index contributed by atoms with van der Waals surface area (Å²) in [5, 5.41) is 3.64. The summed E-state index contributed by atoms with van der Waals surface area (Å²) in [7, 11) is 0. The van der Waals surface area contributed by atoms with Gasteiger partial charge in [0.1, 0.15) is 5.60 Å². The Labute approximate surface area is 137 Å². The number of amides is 1. The third-order valence-electron chi connectivity index (χ3n) is 3.96. The van der Waals surface area contributed by atoms with Gasteiger partial charge in [0, 0.05) is 35.7 Å². The lowest BCUT2D eigenvalue weighted by molar-refractivity contribution is 0.00645. The Morgan fingerprint density at radius 3 is 2.86 bits per heavy atom. The van der Waals surface area contributed by atoms with Crippen molar-refractivity contribution in [2.75, 3.05) is 6.54 Å². The minimum atomic E-state index is -0.451. The fraction of sp³-hybridized carbons (Fsp3) is 0.750.